The molecular weight excluding hydrogens is 554 g/mol. The molecule has 2 heterocycles. The Bertz CT molecular complexity index is 1210. The highest BCUT2D eigenvalue weighted by Gasteiger charge is 2.31. The van der Waals surface area contributed by atoms with E-state index < -0.39 is 0 Å². The van der Waals surface area contributed by atoms with E-state index in [0.29, 0.717) is 6.29 Å². The lowest BCUT2D eigenvalue weighted by molar-refractivity contribution is 0.0599. The molecule has 0 bridgehead atoms. The van der Waals surface area contributed by atoms with Crippen LogP contribution < -0.4 is 0 Å². The van der Waals surface area contributed by atoms with Crippen LogP contribution in [0.2, 0.25) is 0 Å². The molecule has 0 spiro atoms. The van der Waals surface area contributed by atoms with Crippen molar-refractivity contribution in [2.24, 2.45) is 0 Å². The summed E-state index contributed by atoms with van der Waals surface area (Å²) in [6.45, 7) is 37.8. The second-order valence-corrected chi connectivity index (χ2v) is 12.1. The summed E-state index contributed by atoms with van der Waals surface area (Å²) in [5.74, 6) is 0.256. The number of hydrogen-bond donors (Lipinski definition) is 0. The third-order valence-electron chi connectivity index (χ3n) is 6.77. The number of benzene rings is 1. The third-order valence-corrected chi connectivity index (χ3v) is 6.77. The van der Waals surface area contributed by atoms with E-state index >= 15 is 0 Å². The number of piperazine rings is 1. The zero-order valence-electron chi connectivity index (χ0n) is 31.3. The van der Waals surface area contributed by atoms with E-state index in [1.54, 1.807) is 12.3 Å². The van der Waals surface area contributed by atoms with Crippen LogP contribution in [0.5, 0.6) is 0 Å². The van der Waals surface area contributed by atoms with Crippen molar-refractivity contribution in [3.63, 3.8) is 0 Å². The average molecular weight is 620 g/mol. The number of carbonyl (C=O) groups is 1. The van der Waals surface area contributed by atoms with Gasteiger partial charge in [-0.2, -0.15) is 0 Å². The van der Waals surface area contributed by atoms with E-state index in [-0.39, 0.29) is 16.7 Å². The normalized spacial score (nSPS) is 13.8. The fraction of sp³-hybridized carbons (Fsp3) is 0.500. The van der Waals surface area contributed by atoms with Gasteiger partial charge in [0.05, 0.1) is 12.0 Å². The van der Waals surface area contributed by atoms with E-state index in [1.807, 2.05) is 58.9 Å². The smallest absolute Gasteiger partial charge is 0.185 e. The largest absolute Gasteiger partial charge is 0.461 e. The molecule has 1 aliphatic rings. The number of aldehydes is 1. The highest BCUT2D eigenvalue weighted by atomic mass is 16.3. The van der Waals surface area contributed by atoms with E-state index in [9.17, 15) is 4.79 Å². The summed E-state index contributed by atoms with van der Waals surface area (Å²) in [6.07, 6.45) is 9.34. The van der Waals surface area contributed by atoms with Gasteiger partial charge in [-0.05, 0) is 63.9 Å². The Morgan fingerprint density at radius 1 is 1.00 bits per heavy atom. The lowest BCUT2D eigenvalue weighted by atomic mass is 9.88. The van der Waals surface area contributed by atoms with Gasteiger partial charge in [0.2, 0.25) is 0 Å². The number of allylic oxidation sites excluding steroid dienone is 3. The van der Waals surface area contributed by atoms with Gasteiger partial charge in [-0.25, -0.2) is 0 Å². The van der Waals surface area contributed by atoms with Gasteiger partial charge in [0, 0.05) is 48.2 Å². The van der Waals surface area contributed by atoms with Crippen LogP contribution in [0.3, 0.4) is 0 Å². The Morgan fingerprint density at radius 2 is 1.56 bits per heavy atom. The molecule has 3 rings (SSSR count). The Hall–Kier alpha value is -3.44. The summed E-state index contributed by atoms with van der Waals surface area (Å²) in [5.41, 5.74) is 6.06. The number of aromatic nitrogens is 1. The molecular formula is C40H65N3O2. The van der Waals surface area contributed by atoms with Crippen LogP contribution in [0.4, 0.5) is 0 Å². The van der Waals surface area contributed by atoms with Gasteiger partial charge in [-0.1, -0.05) is 118 Å². The third kappa shape index (κ3) is 16.4. The van der Waals surface area contributed by atoms with Crippen molar-refractivity contribution < 1.29 is 9.21 Å². The fourth-order valence-corrected chi connectivity index (χ4v) is 4.02. The number of hydrogen-bond acceptors (Lipinski definition) is 5. The lowest BCUT2D eigenvalue weighted by Gasteiger charge is -2.46. The molecule has 252 valence electrons. The zero-order valence-corrected chi connectivity index (χ0v) is 31.3. The first-order chi connectivity index (χ1) is 21.2. The van der Waals surface area contributed by atoms with E-state index in [4.69, 9.17) is 4.42 Å². The molecule has 0 atom stereocenters. The van der Waals surface area contributed by atoms with Crippen molar-refractivity contribution in [2.75, 3.05) is 26.7 Å². The highest BCUT2D eigenvalue weighted by molar-refractivity contribution is 5.70. The maximum atomic E-state index is 11.1. The summed E-state index contributed by atoms with van der Waals surface area (Å²) in [6, 6.07) is 11.9. The summed E-state index contributed by atoms with van der Waals surface area (Å²) in [4.78, 5) is 20.6. The Morgan fingerprint density at radius 3 is 2.00 bits per heavy atom. The lowest BCUT2D eigenvalue weighted by Crippen LogP contribution is -2.56. The predicted octanol–water partition coefficient (Wildman–Crippen LogP) is 10.9. The quantitative estimate of drug-likeness (QED) is 0.246. The average Bonchev–Trinajstić information content (AvgIpc) is 3.09. The molecule has 0 unspecified atom stereocenters. The molecule has 0 radical (unpaired) electrons. The van der Waals surface area contributed by atoms with Crippen LogP contribution >= 0.6 is 0 Å². The molecule has 1 fully saturated rings. The molecule has 1 aromatic carbocycles. The fourth-order valence-electron chi connectivity index (χ4n) is 4.02. The summed E-state index contributed by atoms with van der Waals surface area (Å²) in [5, 5.41) is 0. The number of carbonyl (C=O) groups excluding carboxylic acids is 1. The van der Waals surface area contributed by atoms with Crippen LogP contribution in [0, 0.1) is 13.8 Å². The molecule has 0 aliphatic carbocycles. The maximum absolute atomic E-state index is 11.1. The minimum Gasteiger partial charge on any atom is -0.461 e. The first-order valence-corrected chi connectivity index (χ1v) is 16.5. The van der Waals surface area contributed by atoms with Crippen LogP contribution in [0.1, 0.15) is 110 Å². The van der Waals surface area contributed by atoms with Gasteiger partial charge in [0.1, 0.15) is 0 Å². The second kappa shape index (κ2) is 23.0. The minimum atomic E-state index is -0.127. The van der Waals surface area contributed by atoms with Gasteiger partial charge in [-0.3, -0.25) is 14.7 Å². The maximum Gasteiger partial charge on any atom is 0.185 e. The van der Waals surface area contributed by atoms with Gasteiger partial charge >= 0.3 is 0 Å². The Kier molecular flexibility index (Phi) is 22.3. The standard InChI is InChI=1S/C20H23NO2.C13H22N2.C3H8.2C2H6/c1-14-6-8-16(9-7-14)19-11-17(20(3,4)5)13-23-18(12-22)10-15(2)21-19;1-6-8-12(7-2)15-10-9-14(5)13(3,4)11-15;1-3-2;2*1-2/h6-13H,1-5H3;6-8H,1-2,9-11H2,3-5H3;3H2,1-2H3;2*1-2H3/b;12-8+;;;. The van der Waals surface area contributed by atoms with Crippen molar-refractivity contribution in [3.05, 3.63) is 102 Å². The second-order valence-electron chi connectivity index (χ2n) is 12.1. The number of aryl methyl sites for hydroxylation is 2. The molecule has 1 aromatic heterocycles. The van der Waals surface area contributed by atoms with Crippen molar-refractivity contribution in [1.29, 1.82) is 0 Å². The monoisotopic (exact) mass is 620 g/mol. The highest BCUT2D eigenvalue weighted by Crippen LogP contribution is 2.26. The molecule has 5 nitrogen and oxygen atoms in total. The number of nitrogens with zero attached hydrogens (tertiary/aromatic N) is 3. The van der Waals surface area contributed by atoms with Crippen LogP contribution in [0.25, 0.3) is 11.3 Å². The molecule has 0 N–H and O–H groups in total. The van der Waals surface area contributed by atoms with Gasteiger partial charge in [-0.15, -0.1) is 0 Å². The zero-order chi connectivity index (χ0) is 35.2. The number of rotatable bonds is 5. The minimum absolute atomic E-state index is 0.127. The Balaban J connectivity index is 0. The van der Waals surface area contributed by atoms with Crippen LogP contribution in [-0.2, 0) is 5.41 Å². The molecule has 0 amide bonds. The topological polar surface area (TPSA) is 49.6 Å². The van der Waals surface area contributed by atoms with E-state index in [1.165, 1.54) is 17.7 Å². The number of likely N-dealkylation sites (N-methyl/N-ethyl adjacent to an activating group) is 1. The van der Waals surface area contributed by atoms with Gasteiger partial charge in [0.25, 0.3) is 0 Å². The summed E-state index contributed by atoms with van der Waals surface area (Å²) < 4.78 is 5.53. The molecule has 45 heavy (non-hydrogen) atoms. The SMILES string of the molecule is C=C/C=C(\C=C)N1CCN(C)C(C)(C)C1.CC.CC.CCC.Cc1ccc(-c2cc(C(C)(C)C)coc(C=O)cc(C)n2)cc1. The predicted molar refractivity (Wildman–Crippen MR) is 199 cm³/mol. The van der Waals surface area contributed by atoms with Crippen molar-refractivity contribution in [1.82, 2.24) is 14.8 Å². The van der Waals surface area contributed by atoms with Crippen molar-refractivity contribution in [2.45, 2.75) is 107 Å². The van der Waals surface area contributed by atoms with Crippen molar-refractivity contribution in [3.8, 4) is 11.3 Å². The summed E-state index contributed by atoms with van der Waals surface area (Å²) >= 11 is 0. The molecule has 0 saturated carbocycles. The molecule has 1 saturated heterocycles. The first kappa shape index (κ1) is 43.7. The van der Waals surface area contributed by atoms with E-state index in [2.05, 4.69) is 115 Å². The summed E-state index contributed by atoms with van der Waals surface area (Å²) in [7, 11) is 2.18. The van der Waals surface area contributed by atoms with Crippen LogP contribution in [0.15, 0.2) is 84.2 Å². The first-order valence-electron chi connectivity index (χ1n) is 16.5. The molecule has 1 aliphatic heterocycles. The van der Waals surface area contributed by atoms with Crippen molar-refractivity contribution >= 4 is 6.29 Å². The van der Waals surface area contributed by atoms with E-state index in [0.717, 1.165) is 42.1 Å². The van der Waals surface area contributed by atoms with Gasteiger partial charge in [0.15, 0.2) is 12.0 Å². The molecule has 5 heteroatoms. The van der Waals surface area contributed by atoms with Crippen LogP contribution in [-0.4, -0.2) is 53.3 Å². The van der Waals surface area contributed by atoms with Gasteiger partial charge < -0.3 is 9.32 Å². The molecule has 2 aromatic rings. The Labute approximate surface area is 277 Å².